The molecule has 1 aromatic heterocycles. The molecule has 1 aliphatic heterocycles. The van der Waals surface area contributed by atoms with Crippen LogP contribution in [0.3, 0.4) is 0 Å². The average molecular weight is 354 g/mol. The highest BCUT2D eigenvalue weighted by atomic mass is 19.4. The molecule has 3 rings (SSSR count). The summed E-state index contributed by atoms with van der Waals surface area (Å²) in [5.74, 6) is 1.30. The Labute approximate surface area is 144 Å². The van der Waals surface area contributed by atoms with Gasteiger partial charge in [-0.3, -0.25) is 0 Å². The fourth-order valence-corrected chi connectivity index (χ4v) is 2.99. The van der Waals surface area contributed by atoms with Crippen LogP contribution >= 0.6 is 0 Å². The first-order valence-electron chi connectivity index (χ1n) is 8.40. The summed E-state index contributed by atoms with van der Waals surface area (Å²) < 4.78 is 45.3. The molecule has 0 unspecified atom stereocenters. The summed E-state index contributed by atoms with van der Waals surface area (Å²) in [6.07, 6.45) is -1.85. The first-order chi connectivity index (χ1) is 12.0. The van der Waals surface area contributed by atoms with Gasteiger partial charge in [0.05, 0.1) is 0 Å². The van der Waals surface area contributed by atoms with Crippen LogP contribution in [0.4, 0.5) is 13.2 Å². The van der Waals surface area contributed by atoms with Crippen LogP contribution in [0.2, 0.25) is 0 Å². The maximum absolute atomic E-state index is 12.9. The molecule has 1 atom stereocenters. The number of para-hydroxylation sites is 1. The number of hydrogen-bond acceptors (Lipinski definition) is 4. The van der Waals surface area contributed by atoms with Crippen LogP contribution in [-0.2, 0) is 13.2 Å². The molecule has 0 spiro atoms. The van der Waals surface area contributed by atoms with E-state index in [0.717, 1.165) is 37.0 Å². The molecule has 1 N–H and O–H groups in total. The van der Waals surface area contributed by atoms with Crippen molar-refractivity contribution in [2.75, 3.05) is 13.1 Å². The Hall–Kier alpha value is -2.09. The van der Waals surface area contributed by atoms with Crippen molar-refractivity contribution in [2.45, 2.75) is 44.5 Å². The summed E-state index contributed by atoms with van der Waals surface area (Å²) in [6.45, 7) is 0.588. The minimum atomic E-state index is -4.33. The first-order valence-corrected chi connectivity index (χ1v) is 8.40. The second-order valence-corrected chi connectivity index (χ2v) is 6.14. The van der Waals surface area contributed by atoms with E-state index in [-0.39, 0.29) is 18.3 Å². The van der Waals surface area contributed by atoms with E-state index < -0.39 is 12.7 Å². The Kier molecular flexibility index (Phi) is 5.57. The highest BCUT2D eigenvalue weighted by molar-refractivity contribution is 5.21. The van der Waals surface area contributed by atoms with Crippen molar-refractivity contribution in [2.24, 2.45) is 0 Å². The Morgan fingerprint density at radius 1 is 1.16 bits per heavy atom. The van der Waals surface area contributed by atoms with E-state index in [9.17, 15) is 13.2 Å². The molecule has 8 heteroatoms. The lowest BCUT2D eigenvalue weighted by Crippen LogP contribution is -2.22. The second kappa shape index (κ2) is 7.86. The number of hydrogen-bond donors (Lipinski definition) is 1. The summed E-state index contributed by atoms with van der Waals surface area (Å²) in [6, 6.07) is 9.08. The van der Waals surface area contributed by atoms with Gasteiger partial charge in [0.15, 0.2) is 5.82 Å². The zero-order valence-electron chi connectivity index (χ0n) is 13.8. The van der Waals surface area contributed by atoms with Gasteiger partial charge in [-0.05, 0) is 44.5 Å². The van der Waals surface area contributed by atoms with Gasteiger partial charge in [-0.25, -0.2) is 9.67 Å². The number of nitrogens with zero attached hydrogens (tertiary/aromatic N) is 3. The smallest absolute Gasteiger partial charge is 0.408 e. The molecular weight excluding hydrogens is 333 g/mol. The monoisotopic (exact) mass is 354 g/mol. The molecule has 5 nitrogen and oxygen atoms in total. The van der Waals surface area contributed by atoms with Crippen LogP contribution in [-0.4, -0.2) is 34.0 Å². The highest BCUT2D eigenvalue weighted by Crippen LogP contribution is 2.27. The number of nitrogens with one attached hydrogen (secondary N) is 1. The predicted octanol–water partition coefficient (Wildman–Crippen LogP) is 3.28. The van der Waals surface area contributed by atoms with Crippen LogP contribution in [0.15, 0.2) is 30.3 Å². The van der Waals surface area contributed by atoms with Crippen molar-refractivity contribution in [3.8, 4) is 5.75 Å². The molecule has 0 bridgehead atoms. The molecule has 25 heavy (non-hydrogen) atoms. The zero-order chi connectivity index (χ0) is 17.7. The molecular formula is C17H21F3N4O. The third-order valence-corrected chi connectivity index (χ3v) is 4.13. The van der Waals surface area contributed by atoms with Gasteiger partial charge < -0.3 is 10.1 Å². The summed E-state index contributed by atoms with van der Waals surface area (Å²) in [4.78, 5) is 4.37. The van der Waals surface area contributed by atoms with Gasteiger partial charge in [0.1, 0.15) is 24.7 Å². The molecule has 2 heterocycles. The van der Waals surface area contributed by atoms with Crippen molar-refractivity contribution in [1.82, 2.24) is 20.1 Å². The standard InChI is InChI=1S/C17H21F3N4O/c18-17(19,20)12-24-16(13-5-4-9-21-10-8-13)22-15(23-24)11-25-14-6-2-1-3-7-14/h1-3,6-7,13,21H,4-5,8-12H2/t13-/m1/s1. The molecule has 0 saturated carbocycles. The van der Waals surface area contributed by atoms with Crippen LogP contribution in [0.1, 0.15) is 36.8 Å². The van der Waals surface area contributed by atoms with Gasteiger partial charge in [-0.15, -0.1) is 0 Å². The normalized spacial score (nSPS) is 18.8. The third kappa shape index (κ3) is 5.19. The van der Waals surface area contributed by atoms with Gasteiger partial charge in [0.2, 0.25) is 0 Å². The lowest BCUT2D eigenvalue weighted by atomic mass is 10.00. The summed E-state index contributed by atoms with van der Waals surface area (Å²) in [7, 11) is 0. The lowest BCUT2D eigenvalue weighted by Gasteiger charge is -2.15. The van der Waals surface area contributed by atoms with Crippen molar-refractivity contribution < 1.29 is 17.9 Å². The molecule has 136 valence electrons. The van der Waals surface area contributed by atoms with Gasteiger partial charge in [-0.2, -0.15) is 18.3 Å². The van der Waals surface area contributed by atoms with Crippen LogP contribution in [0, 0.1) is 0 Å². The highest BCUT2D eigenvalue weighted by Gasteiger charge is 2.32. The van der Waals surface area contributed by atoms with Gasteiger partial charge >= 0.3 is 6.18 Å². The van der Waals surface area contributed by atoms with E-state index in [2.05, 4.69) is 15.4 Å². The number of rotatable bonds is 5. The predicted molar refractivity (Wildman–Crippen MR) is 86.3 cm³/mol. The average Bonchev–Trinajstić information content (AvgIpc) is 2.79. The molecule has 1 fully saturated rings. The Bertz CT molecular complexity index is 664. The fourth-order valence-electron chi connectivity index (χ4n) is 2.99. The molecule has 0 radical (unpaired) electrons. The molecule has 1 aromatic carbocycles. The van der Waals surface area contributed by atoms with E-state index in [1.54, 1.807) is 12.1 Å². The van der Waals surface area contributed by atoms with E-state index in [1.807, 2.05) is 18.2 Å². The van der Waals surface area contributed by atoms with Crippen molar-refractivity contribution in [1.29, 1.82) is 0 Å². The number of ether oxygens (including phenoxy) is 1. The van der Waals surface area contributed by atoms with E-state index >= 15 is 0 Å². The van der Waals surface area contributed by atoms with Crippen LogP contribution in [0.25, 0.3) is 0 Å². The summed E-state index contributed by atoms with van der Waals surface area (Å²) >= 11 is 0. The van der Waals surface area contributed by atoms with Crippen molar-refractivity contribution in [3.05, 3.63) is 42.0 Å². The lowest BCUT2D eigenvalue weighted by molar-refractivity contribution is -0.143. The van der Waals surface area contributed by atoms with Crippen LogP contribution < -0.4 is 10.1 Å². The van der Waals surface area contributed by atoms with Gasteiger partial charge in [0, 0.05) is 5.92 Å². The minimum Gasteiger partial charge on any atom is -0.486 e. The van der Waals surface area contributed by atoms with Gasteiger partial charge in [0.25, 0.3) is 0 Å². The molecule has 1 saturated heterocycles. The number of alkyl halides is 3. The van der Waals surface area contributed by atoms with Gasteiger partial charge in [-0.1, -0.05) is 18.2 Å². The van der Waals surface area contributed by atoms with E-state index in [4.69, 9.17) is 4.74 Å². The Morgan fingerprint density at radius 3 is 2.72 bits per heavy atom. The Morgan fingerprint density at radius 2 is 1.96 bits per heavy atom. The number of benzene rings is 1. The fraction of sp³-hybridized carbons (Fsp3) is 0.529. The topological polar surface area (TPSA) is 52.0 Å². The SMILES string of the molecule is FC(F)(F)Cn1nc(COc2ccccc2)nc1[C@@H]1CCCNCC1. The van der Waals surface area contributed by atoms with E-state index in [0.29, 0.717) is 11.6 Å². The molecule has 2 aromatic rings. The largest absolute Gasteiger partial charge is 0.486 e. The maximum Gasteiger partial charge on any atom is 0.408 e. The summed E-state index contributed by atoms with van der Waals surface area (Å²) in [5, 5.41) is 7.32. The minimum absolute atomic E-state index is 0.0182. The second-order valence-electron chi connectivity index (χ2n) is 6.14. The summed E-state index contributed by atoms with van der Waals surface area (Å²) in [5.41, 5.74) is 0. The molecule has 0 aliphatic carbocycles. The zero-order valence-corrected chi connectivity index (χ0v) is 13.8. The van der Waals surface area contributed by atoms with Crippen molar-refractivity contribution >= 4 is 0 Å². The number of halogens is 3. The van der Waals surface area contributed by atoms with Crippen molar-refractivity contribution in [3.63, 3.8) is 0 Å². The Balaban J connectivity index is 1.78. The quantitative estimate of drug-likeness (QED) is 0.895. The first kappa shape index (κ1) is 17.7. The number of aromatic nitrogens is 3. The third-order valence-electron chi connectivity index (χ3n) is 4.13. The van der Waals surface area contributed by atoms with Crippen LogP contribution in [0.5, 0.6) is 5.75 Å². The molecule has 0 amide bonds. The van der Waals surface area contributed by atoms with E-state index in [1.165, 1.54) is 0 Å². The molecule has 1 aliphatic rings. The maximum atomic E-state index is 12.9.